The Labute approximate surface area is 57.4 Å². The van der Waals surface area contributed by atoms with Gasteiger partial charge >= 0.3 is 0 Å². The van der Waals surface area contributed by atoms with Crippen molar-refractivity contribution in [3.05, 3.63) is 6.42 Å². The summed E-state index contributed by atoms with van der Waals surface area (Å²) in [5.41, 5.74) is 0. The highest BCUT2D eigenvalue weighted by atomic mass is 16.5. The third-order valence-corrected chi connectivity index (χ3v) is 1.07. The fourth-order valence-corrected chi connectivity index (χ4v) is 0.446. The highest BCUT2D eigenvalue weighted by Gasteiger charge is 1.92. The van der Waals surface area contributed by atoms with Crippen LogP contribution in [-0.2, 0) is 4.74 Å². The van der Waals surface area contributed by atoms with Gasteiger partial charge in [-0.2, -0.15) is 0 Å². The summed E-state index contributed by atoms with van der Waals surface area (Å²) in [4.78, 5) is 0. The van der Waals surface area contributed by atoms with Gasteiger partial charge in [-0.3, -0.25) is 0 Å². The normalized spacial score (nSPS) is 12.6. The predicted octanol–water partition coefficient (Wildman–Crippen LogP) is 1.78. The lowest BCUT2D eigenvalue weighted by Crippen LogP contribution is -2.05. The summed E-state index contributed by atoms with van der Waals surface area (Å²) in [6, 6.07) is 0. The monoisotopic (exact) mass is 125 g/mol. The van der Waals surface area contributed by atoms with E-state index in [1.165, 1.54) is 0 Å². The van der Waals surface area contributed by atoms with Crippen LogP contribution in [-0.4, -0.2) is 12.7 Å². The first-order valence-corrected chi connectivity index (χ1v) is 3.35. The third-order valence-electron chi connectivity index (χ3n) is 1.07. The number of rotatable bonds is 4. The molecule has 0 aliphatic carbocycles. The first kappa shape index (κ1) is 8.52. The Hall–Kier alpha value is -0.480. The Morgan fingerprint density at radius 1 is 1.67 bits per heavy atom. The van der Waals surface area contributed by atoms with E-state index in [0.717, 1.165) is 19.4 Å². The van der Waals surface area contributed by atoms with Crippen LogP contribution in [0.25, 0.3) is 0 Å². The molecule has 0 saturated carbocycles. The molecule has 0 aromatic carbocycles. The van der Waals surface area contributed by atoms with Crippen LogP contribution < -0.4 is 0 Å². The second-order valence-electron chi connectivity index (χ2n) is 2.01. The maximum atomic E-state index is 6.67. The van der Waals surface area contributed by atoms with Crippen molar-refractivity contribution in [2.45, 2.75) is 32.8 Å². The fraction of sp³-hybridized carbons (Fsp3) is 0.750. The molecular formula is C8H13O. The Morgan fingerprint density at radius 3 is 2.78 bits per heavy atom. The quantitative estimate of drug-likeness (QED) is 0.411. The first-order chi connectivity index (χ1) is 4.31. The molecule has 1 radical (unpaired) electrons. The summed E-state index contributed by atoms with van der Waals surface area (Å²) in [6.07, 6.45) is 8.76. The summed E-state index contributed by atoms with van der Waals surface area (Å²) in [5.74, 6) is 2.25. The van der Waals surface area contributed by atoms with Gasteiger partial charge in [0.2, 0.25) is 0 Å². The minimum Gasteiger partial charge on any atom is -0.366 e. The Balaban J connectivity index is 2.99. The average molecular weight is 125 g/mol. The van der Waals surface area contributed by atoms with E-state index in [9.17, 15) is 0 Å². The highest BCUT2D eigenvalue weighted by Crippen LogP contribution is 1.92. The number of hydrogen-bond donors (Lipinski definition) is 0. The summed E-state index contributed by atoms with van der Waals surface area (Å²) in [6.45, 7) is 4.69. The lowest BCUT2D eigenvalue weighted by Gasteiger charge is -2.03. The van der Waals surface area contributed by atoms with Gasteiger partial charge < -0.3 is 4.74 Å². The van der Waals surface area contributed by atoms with Crippen molar-refractivity contribution in [3.63, 3.8) is 0 Å². The van der Waals surface area contributed by atoms with E-state index in [-0.39, 0.29) is 6.10 Å². The molecule has 0 rings (SSSR count). The molecule has 0 aliphatic rings. The topological polar surface area (TPSA) is 9.23 Å². The van der Waals surface area contributed by atoms with E-state index >= 15 is 0 Å². The van der Waals surface area contributed by atoms with Crippen LogP contribution in [0.4, 0.5) is 0 Å². The van der Waals surface area contributed by atoms with Gasteiger partial charge in [-0.05, 0) is 19.8 Å². The van der Waals surface area contributed by atoms with Crippen LogP contribution in [0.1, 0.15) is 26.7 Å². The van der Waals surface area contributed by atoms with Crippen molar-refractivity contribution >= 4 is 0 Å². The summed E-state index contributed by atoms with van der Waals surface area (Å²) in [5, 5.41) is 0. The van der Waals surface area contributed by atoms with Gasteiger partial charge in [0.15, 0.2) is 0 Å². The largest absolute Gasteiger partial charge is 0.366 e. The van der Waals surface area contributed by atoms with Gasteiger partial charge in [0.25, 0.3) is 0 Å². The highest BCUT2D eigenvalue weighted by molar-refractivity contribution is 4.84. The van der Waals surface area contributed by atoms with Gasteiger partial charge in [0.1, 0.15) is 6.10 Å². The molecule has 1 atom stereocenters. The second-order valence-corrected chi connectivity index (χ2v) is 2.01. The molecule has 0 fully saturated rings. The third kappa shape index (κ3) is 5.39. The lowest BCUT2D eigenvalue weighted by atomic mass is 10.3. The molecule has 0 bridgehead atoms. The van der Waals surface area contributed by atoms with Crippen LogP contribution in [0, 0.1) is 12.3 Å². The molecule has 51 valence electrons. The van der Waals surface area contributed by atoms with Crippen LogP contribution in [0.15, 0.2) is 0 Å². The molecule has 0 aromatic rings. The van der Waals surface area contributed by atoms with E-state index in [2.05, 4.69) is 12.8 Å². The first-order valence-electron chi connectivity index (χ1n) is 3.35. The summed E-state index contributed by atoms with van der Waals surface area (Å²) >= 11 is 0. The summed E-state index contributed by atoms with van der Waals surface area (Å²) in [7, 11) is 0. The van der Waals surface area contributed by atoms with E-state index in [1.54, 1.807) is 0 Å². The van der Waals surface area contributed by atoms with Gasteiger partial charge in [0.05, 0.1) is 0 Å². The van der Waals surface area contributed by atoms with Crippen molar-refractivity contribution in [2.24, 2.45) is 0 Å². The molecule has 0 spiro atoms. The zero-order valence-corrected chi connectivity index (χ0v) is 6.11. The number of ether oxygens (including phenoxy) is 1. The zero-order chi connectivity index (χ0) is 7.11. The molecule has 0 saturated heterocycles. The minimum absolute atomic E-state index is 0.128. The molecule has 1 unspecified atom stereocenters. The molecule has 0 heterocycles. The standard InChI is InChI=1S/C8H13O/c1-4-6-7-9-8(3)5-2/h8H,4,6-7H2,1,3H3. The SMILES string of the molecule is [C]#CC(C)OCCCC. The molecule has 0 amide bonds. The summed E-state index contributed by atoms with van der Waals surface area (Å²) < 4.78 is 5.13. The Bertz CT molecular complexity index is 91.2. The predicted molar refractivity (Wildman–Crippen MR) is 37.5 cm³/mol. The van der Waals surface area contributed by atoms with Crippen LogP contribution in [0.3, 0.4) is 0 Å². The fourth-order valence-electron chi connectivity index (χ4n) is 0.446. The van der Waals surface area contributed by atoms with Crippen molar-refractivity contribution in [3.8, 4) is 5.92 Å². The number of hydrogen-bond acceptors (Lipinski definition) is 1. The van der Waals surface area contributed by atoms with Gasteiger partial charge in [-0.15, -0.1) is 0 Å². The molecule has 0 aromatic heterocycles. The van der Waals surface area contributed by atoms with Crippen LogP contribution in [0.2, 0.25) is 0 Å². The van der Waals surface area contributed by atoms with E-state index in [1.807, 2.05) is 6.92 Å². The average Bonchev–Trinajstić information content (AvgIpc) is 1.89. The maximum Gasteiger partial charge on any atom is 0.116 e. The van der Waals surface area contributed by atoms with Crippen LogP contribution in [0.5, 0.6) is 0 Å². The van der Waals surface area contributed by atoms with Crippen molar-refractivity contribution in [1.29, 1.82) is 0 Å². The molecule has 1 nitrogen and oxygen atoms in total. The lowest BCUT2D eigenvalue weighted by molar-refractivity contribution is 0.101. The zero-order valence-electron chi connectivity index (χ0n) is 6.11. The maximum absolute atomic E-state index is 6.67. The second kappa shape index (κ2) is 5.65. The Morgan fingerprint density at radius 2 is 2.33 bits per heavy atom. The van der Waals surface area contributed by atoms with E-state index in [4.69, 9.17) is 11.2 Å². The van der Waals surface area contributed by atoms with E-state index in [0.29, 0.717) is 0 Å². The minimum atomic E-state index is -0.128. The van der Waals surface area contributed by atoms with Gasteiger partial charge in [0, 0.05) is 6.61 Å². The molecular weight excluding hydrogens is 112 g/mol. The van der Waals surface area contributed by atoms with Gasteiger partial charge in [-0.25, -0.2) is 0 Å². The van der Waals surface area contributed by atoms with E-state index < -0.39 is 0 Å². The molecule has 1 heteroatoms. The molecule has 0 aliphatic heterocycles. The van der Waals surface area contributed by atoms with Crippen molar-refractivity contribution < 1.29 is 4.74 Å². The molecule has 9 heavy (non-hydrogen) atoms. The van der Waals surface area contributed by atoms with Crippen LogP contribution >= 0.6 is 0 Å². The van der Waals surface area contributed by atoms with Crippen molar-refractivity contribution in [1.82, 2.24) is 0 Å². The smallest absolute Gasteiger partial charge is 0.116 e. The molecule has 0 N–H and O–H groups in total. The van der Waals surface area contributed by atoms with Gasteiger partial charge in [-0.1, -0.05) is 19.3 Å². The Kier molecular flexibility index (Phi) is 5.35. The number of unbranched alkanes of at least 4 members (excludes halogenated alkanes) is 1. The van der Waals surface area contributed by atoms with Crippen molar-refractivity contribution in [2.75, 3.05) is 6.61 Å².